The van der Waals surface area contributed by atoms with E-state index in [1.165, 1.54) is 0 Å². The number of hydrogen-bond donors (Lipinski definition) is 0. The summed E-state index contributed by atoms with van der Waals surface area (Å²) in [6, 6.07) is 18.3. The van der Waals surface area contributed by atoms with Crippen molar-refractivity contribution in [1.29, 1.82) is 0 Å². The van der Waals surface area contributed by atoms with Crippen molar-refractivity contribution in [3.63, 3.8) is 0 Å². The zero-order valence-electron chi connectivity index (χ0n) is 16.7. The third kappa shape index (κ3) is 4.49. The van der Waals surface area contributed by atoms with Crippen molar-refractivity contribution in [2.75, 3.05) is 13.2 Å². The molecule has 0 bridgehead atoms. The van der Waals surface area contributed by atoms with Gasteiger partial charge in [-0.3, -0.25) is 4.79 Å². The fourth-order valence-corrected chi connectivity index (χ4v) is 3.64. The normalized spacial score (nSPS) is 14.2. The van der Waals surface area contributed by atoms with E-state index in [4.69, 9.17) is 22.1 Å². The van der Waals surface area contributed by atoms with Crippen LogP contribution < -0.4 is 14.0 Å². The predicted octanol–water partition coefficient (Wildman–Crippen LogP) is 3.62. The topological polar surface area (TPSA) is 51.8 Å². The molecule has 5 nitrogen and oxygen atoms in total. The molecule has 0 radical (unpaired) electrons. The molecule has 0 unspecified atom stereocenters. The van der Waals surface area contributed by atoms with E-state index in [0.717, 1.165) is 11.1 Å². The molecular weight excluding hydrogens is 396 g/mol. The number of carbonyl (C=O) groups excluding carboxylic acids is 1. The molecule has 1 atom stereocenters. The number of hydrogen-bond acceptors (Lipinski definition) is 5. The molecule has 1 aliphatic rings. The zero-order valence-corrected chi connectivity index (χ0v) is 17.5. The molecule has 0 spiro atoms. The summed E-state index contributed by atoms with van der Waals surface area (Å²) in [5.74, 6) is 1.09. The Morgan fingerprint density at radius 3 is 2.60 bits per heavy atom. The summed E-state index contributed by atoms with van der Waals surface area (Å²) >= 11 is 5.63. The number of ketones is 1. The molecule has 30 heavy (non-hydrogen) atoms. The maximum Gasteiger partial charge on any atom is 0.237 e. The summed E-state index contributed by atoms with van der Waals surface area (Å²) in [5.41, 5.74) is 2.58. The SMILES string of the molecule is Cc1ccc[n+]([C@H](C(=O)c2ccc3c(c2)OCCO3)C([S-])=NCc2ccccc2)c1. The standard InChI is InChI=1S/C24H22N2O3S/c1-17-6-5-11-26(16-17)22(24(30)25-15-18-7-3-2-4-8-18)23(27)19-9-10-20-21(14-19)29-13-12-28-20/h2-11,14,16,22H,12-13,15H2,1H3/t22-/m1/s1. The number of aromatic nitrogens is 1. The highest BCUT2D eigenvalue weighted by Gasteiger charge is 2.29. The maximum atomic E-state index is 13.5. The minimum atomic E-state index is -0.717. The number of rotatable bonds is 6. The summed E-state index contributed by atoms with van der Waals surface area (Å²) in [7, 11) is 0. The monoisotopic (exact) mass is 418 g/mol. The first-order valence-corrected chi connectivity index (χ1v) is 10.2. The Morgan fingerprint density at radius 1 is 1.07 bits per heavy atom. The van der Waals surface area contributed by atoms with E-state index >= 15 is 0 Å². The van der Waals surface area contributed by atoms with E-state index in [9.17, 15) is 4.79 Å². The second kappa shape index (κ2) is 9.05. The molecule has 1 aliphatic heterocycles. The fraction of sp³-hybridized carbons (Fsp3) is 0.208. The second-order valence-electron chi connectivity index (χ2n) is 7.09. The highest BCUT2D eigenvalue weighted by atomic mass is 32.1. The van der Waals surface area contributed by atoms with Gasteiger partial charge < -0.3 is 27.1 Å². The van der Waals surface area contributed by atoms with Gasteiger partial charge in [-0.15, -0.1) is 0 Å². The Hall–Kier alpha value is -3.25. The van der Waals surface area contributed by atoms with Crippen LogP contribution in [0.3, 0.4) is 0 Å². The minimum absolute atomic E-state index is 0.135. The lowest BCUT2D eigenvalue weighted by Crippen LogP contribution is -2.48. The van der Waals surface area contributed by atoms with Gasteiger partial charge in [-0.25, -0.2) is 0 Å². The number of aliphatic imine (C=N–C) groups is 1. The summed E-state index contributed by atoms with van der Waals surface area (Å²) < 4.78 is 13.0. The zero-order chi connectivity index (χ0) is 20.9. The van der Waals surface area contributed by atoms with Crippen LogP contribution in [0.4, 0.5) is 0 Å². The molecule has 2 aromatic carbocycles. The first-order chi connectivity index (χ1) is 14.6. The van der Waals surface area contributed by atoms with Gasteiger partial charge in [-0.05, 0) is 41.8 Å². The third-order valence-electron chi connectivity index (χ3n) is 4.84. The van der Waals surface area contributed by atoms with Crippen molar-refractivity contribution in [3.8, 4) is 11.5 Å². The smallest absolute Gasteiger partial charge is 0.237 e. The number of aryl methyl sites for hydroxylation is 1. The van der Waals surface area contributed by atoms with Gasteiger partial charge in [0.2, 0.25) is 11.8 Å². The molecule has 152 valence electrons. The van der Waals surface area contributed by atoms with Gasteiger partial charge in [0.1, 0.15) is 13.2 Å². The largest absolute Gasteiger partial charge is 0.758 e. The highest BCUT2D eigenvalue weighted by Crippen LogP contribution is 2.31. The van der Waals surface area contributed by atoms with E-state index in [2.05, 4.69) is 4.99 Å². The third-order valence-corrected chi connectivity index (χ3v) is 5.19. The van der Waals surface area contributed by atoms with E-state index in [0.29, 0.717) is 41.9 Å². The number of pyridine rings is 1. The van der Waals surface area contributed by atoms with E-state index in [-0.39, 0.29) is 5.78 Å². The first-order valence-electron chi connectivity index (χ1n) is 9.78. The highest BCUT2D eigenvalue weighted by molar-refractivity contribution is 7.77. The van der Waals surface area contributed by atoms with Crippen molar-refractivity contribution in [2.24, 2.45) is 4.99 Å². The summed E-state index contributed by atoms with van der Waals surface area (Å²) in [6.45, 7) is 3.37. The average Bonchev–Trinajstić information content (AvgIpc) is 2.78. The lowest BCUT2D eigenvalue weighted by atomic mass is 10.0. The molecule has 6 heteroatoms. The molecule has 1 aromatic heterocycles. The van der Waals surface area contributed by atoms with Gasteiger partial charge in [0, 0.05) is 17.2 Å². The quantitative estimate of drug-likeness (QED) is 0.202. The number of ether oxygens (including phenoxy) is 2. The van der Waals surface area contributed by atoms with Crippen LogP contribution in [0.1, 0.15) is 27.5 Å². The van der Waals surface area contributed by atoms with Crippen LogP contribution in [0, 0.1) is 6.92 Å². The molecule has 4 rings (SSSR count). The molecule has 2 heterocycles. The molecular formula is C24H22N2O3S. The van der Waals surface area contributed by atoms with Gasteiger partial charge in [0.05, 0.1) is 6.54 Å². The lowest BCUT2D eigenvalue weighted by Gasteiger charge is -2.21. The van der Waals surface area contributed by atoms with Crippen molar-refractivity contribution in [3.05, 3.63) is 89.7 Å². The summed E-state index contributed by atoms with van der Waals surface area (Å²) in [4.78, 5) is 18.1. The van der Waals surface area contributed by atoms with Crippen LogP contribution >= 0.6 is 0 Å². The van der Waals surface area contributed by atoms with Gasteiger partial charge >= 0.3 is 0 Å². The van der Waals surface area contributed by atoms with Gasteiger partial charge in [-0.1, -0.05) is 30.3 Å². The van der Waals surface area contributed by atoms with Crippen molar-refractivity contribution in [1.82, 2.24) is 0 Å². The number of carbonyl (C=O) groups is 1. The lowest BCUT2D eigenvalue weighted by molar-refractivity contribution is -0.692. The molecule has 0 saturated carbocycles. The minimum Gasteiger partial charge on any atom is -0.758 e. The van der Waals surface area contributed by atoms with Crippen molar-refractivity contribution in [2.45, 2.75) is 19.5 Å². The fourth-order valence-electron chi connectivity index (χ4n) is 3.34. The molecule has 0 saturated heterocycles. The Labute approximate surface area is 181 Å². The van der Waals surface area contributed by atoms with Crippen LogP contribution in [0.5, 0.6) is 11.5 Å². The summed E-state index contributed by atoms with van der Waals surface area (Å²) in [6.07, 6.45) is 3.75. The number of nitrogens with zero attached hydrogens (tertiary/aromatic N) is 2. The van der Waals surface area contributed by atoms with Crippen LogP contribution in [-0.2, 0) is 19.2 Å². The maximum absolute atomic E-state index is 13.5. The predicted molar refractivity (Wildman–Crippen MR) is 117 cm³/mol. The Balaban J connectivity index is 1.69. The Kier molecular flexibility index (Phi) is 6.05. The summed E-state index contributed by atoms with van der Waals surface area (Å²) in [5, 5.41) is 0.342. The Bertz CT molecular complexity index is 1080. The van der Waals surface area contributed by atoms with E-state index in [1.54, 1.807) is 18.2 Å². The van der Waals surface area contributed by atoms with Crippen molar-refractivity contribution < 1.29 is 18.8 Å². The number of fused-ring (bicyclic) bond motifs is 1. The van der Waals surface area contributed by atoms with Crippen LogP contribution in [0.25, 0.3) is 0 Å². The van der Waals surface area contributed by atoms with Gasteiger partial charge in [0.15, 0.2) is 23.9 Å². The molecule has 0 fully saturated rings. The Morgan fingerprint density at radius 2 is 1.83 bits per heavy atom. The molecule has 0 aliphatic carbocycles. The van der Waals surface area contributed by atoms with Crippen molar-refractivity contribution >= 4 is 23.5 Å². The second-order valence-corrected chi connectivity index (χ2v) is 7.51. The van der Waals surface area contributed by atoms with E-state index < -0.39 is 6.04 Å². The molecule has 0 amide bonds. The van der Waals surface area contributed by atoms with Gasteiger partial charge in [0.25, 0.3) is 0 Å². The average molecular weight is 419 g/mol. The number of benzene rings is 2. The molecule has 3 aromatic rings. The van der Waals surface area contributed by atoms with Crippen LogP contribution in [-0.4, -0.2) is 24.0 Å². The van der Waals surface area contributed by atoms with Crippen LogP contribution in [0.2, 0.25) is 0 Å². The first kappa shape index (κ1) is 20.0. The van der Waals surface area contributed by atoms with Gasteiger partial charge in [-0.2, -0.15) is 4.57 Å². The molecule has 0 N–H and O–H groups in total. The number of Topliss-reactive ketones (excluding diaryl/α,β-unsaturated/α-hetero) is 1. The van der Waals surface area contributed by atoms with E-state index in [1.807, 2.05) is 66.3 Å². The van der Waals surface area contributed by atoms with Crippen LogP contribution in [0.15, 0.2) is 78.0 Å².